The average Bonchev–Trinajstić information content (AvgIpc) is 2.93. The van der Waals surface area contributed by atoms with E-state index in [-0.39, 0.29) is 17.4 Å². The molecule has 1 atom stereocenters. The first-order valence-corrected chi connectivity index (χ1v) is 7.57. The Morgan fingerprint density at radius 3 is 2.64 bits per heavy atom. The highest BCUT2D eigenvalue weighted by Gasteiger charge is 2.19. The minimum absolute atomic E-state index is 0.134. The molecule has 0 spiro atoms. The molecule has 0 saturated carbocycles. The normalized spacial score (nSPS) is 11.8. The lowest BCUT2D eigenvalue weighted by molar-refractivity contribution is -0.114. The first-order valence-electron chi connectivity index (χ1n) is 6.69. The number of ether oxygens (including phenoxy) is 1. The monoisotopic (exact) mass is 322 g/mol. The van der Waals surface area contributed by atoms with Crippen LogP contribution in [0.1, 0.15) is 42.4 Å². The van der Waals surface area contributed by atoms with Crippen LogP contribution in [0, 0.1) is 5.82 Å². The smallest absolute Gasteiger partial charge is 0.358 e. The van der Waals surface area contributed by atoms with E-state index >= 15 is 0 Å². The predicted molar refractivity (Wildman–Crippen MR) is 81.3 cm³/mol. The molecule has 22 heavy (non-hydrogen) atoms. The van der Waals surface area contributed by atoms with Gasteiger partial charge in [0.25, 0.3) is 0 Å². The van der Waals surface area contributed by atoms with E-state index < -0.39 is 12.1 Å². The number of rotatable bonds is 5. The van der Waals surface area contributed by atoms with Gasteiger partial charge in [0.2, 0.25) is 5.91 Å². The van der Waals surface area contributed by atoms with Gasteiger partial charge >= 0.3 is 5.97 Å². The van der Waals surface area contributed by atoms with Gasteiger partial charge in [-0.3, -0.25) is 4.79 Å². The van der Waals surface area contributed by atoms with Crippen molar-refractivity contribution in [1.29, 1.82) is 0 Å². The number of carbonyl (C=O) groups excluding carboxylic acids is 2. The van der Waals surface area contributed by atoms with Crippen LogP contribution in [-0.4, -0.2) is 16.9 Å². The third kappa shape index (κ3) is 4.11. The maximum absolute atomic E-state index is 12.9. The summed E-state index contributed by atoms with van der Waals surface area (Å²) in [5, 5.41) is 4.37. The summed E-state index contributed by atoms with van der Waals surface area (Å²) in [7, 11) is 0. The van der Waals surface area contributed by atoms with Crippen LogP contribution in [0.15, 0.2) is 29.6 Å². The molecule has 0 radical (unpaired) electrons. The highest BCUT2D eigenvalue weighted by atomic mass is 32.1. The quantitative estimate of drug-likeness (QED) is 0.855. The summed E-state index contributed by atoms with van der Waals surface area (Å²) in [5.41, 5.74) is 0.851. The Labute approximate surface area is 131 Å². The number of thiazole rings is 1. The Balaban J connectivity index is 2.07. The largest absolute Gasteiger partial charge is 0.453 e. The fourth-order valence-electron chi connectivity index (χ4n) is 1.83. The standard InChI is InChI=1S/C15H15FN2O3S/c1-3-13(10-4-6-11(16)7-5-10)21-14(20)12-8-22-15(18-12)17-9(2)19/h4-8,13H,3H2,1-2H3,(H,17,18,19). The van der Waals surface area contributed by atoms with Gasteiger partial charge in [-0.25, -0.2) is 14.2 Å². The summed E-state index contributed by atoms with van der Waals surface area (Å²) >= 11 is 1.15. The summed E-state index contributed by atoms with van der Waals surface area (Å²) < 4.78 is 18.3. The van der Waals surface area contributed by atoms with Crippen LogP contribution in [0.2, 0.25) is 0 Å². The van der Waals surface area contributed by atoms with Gasteiger partial charge < -0.3 is 10.1 Å². The van der Waals surface area contributed by atoms with Crippen molar-refractivity contribution in [1.82, 2.24) is 4.98 Å². The lowest BCUT2D eigenvalue weighted by Crippen LogP contribution is -2.12. The van der Waals surface area contributed by atoms with Crippen LogP contribution in [0.3, 0.4) is 0 Å². The zero-order chi connectivity index (χ0) is 16.1. The fraction of sp³-hybridized carbons (Fsp3) is 0.267. The second-order valence-corrected chi connectivity index (χ2v) is 5.43. The van der Waals surface area contributed by atoms with E-state index in [0.717, 1.165) is 16.9 Å². The SMILES string of the molecule is CCC(OC(=O)c1csc(NC(C)=O)n1)c1ccc(F)cc1. The molecule has 0 bridgehead atoms. The number of halogens is 1. The van der Waals surface area contributed by atoms with Gasteiger partial charge in [0.05, 0.1) is 0 Å². The summed E-state index contributed by atoms with van der Waals surface area (Å²) in [5.74, 6) is -1.18. The topological polar surface area (TPSA) is 68.3 Å². The van der Waals surface area contributed by atoms with Gasteiger partial charge in [-0.15, -0.1) is 11.3 Å². The molecule has 1 unspecified atom stereocenters. The summed E-state index contributed by atoms with van der Waals surface area (Å²) in [6.45, 7) is 3.23. The number of aromatic nitrogens is 1. The van der Waals surface area contributed by atoms with Gasteiger partial charge in [-0.2, -0.15) is 0 Å². The average molecular weight is 322 g/mol. The van der Waals surface area contributed by atoms with Crippen LogP contribution in [0.25, 0.3) is 0 Å². The van der Waals surface area contributed by atoms with Crippen molar-refractivity contribution >= 4 is 28.3 Å². The Bertz CT molecular complexity index is 670. The number of hydrogen-bond acceptors (Lipinski definition) is 5. The van der Waals surface area contributed by atoms with Crippen LogP contribution >= 0.6 is 11.3 Å². The molecule has 1 aromatic heterocycles. The second-order valence-electron chi connectivity index (χ2n) is 4.57. The molecule has 0 aliphatic rings. The number of carbonyl (C=O) groups is 2. The third-order valence-electron chi connectivity index (χ3n) is 2.86. The van der Waals surface area contributed by atoms with Crippen molar-refractivity contribution in [3.05, 3.63) is 46.7 Å². The van der Waals surface area contributed by atoms with Gasteiger partial charge in [-0.05, 0) is 24.1 Å². The molecule has 1 amide bonds. The van der Waals surface area contributed by atoms with E-state index in [9.17, 15) is 14.0 Å². The highest BCUT2D eigenvalue weighted by Crippen LogP contribution is 2.24. The van der Waals surface area contributed by atoms with Gasteiger partial charge in [0, 0.05) is 12.3 Å². The van der Waals surface area contributed by atoms with E-state index in [1.807, 2.05) is 6.92 Å². The molecule has 5 nitrogen and oxygen atoms in total. The highest BCUT2D eigenvalue weighted by molar-refractivity contribution is 7.14. The molecule has 0 aliphatic carbocycles. The molecule has 0 fully saturated rings. The van der Waals surface area contributed by atoms with Crippen molar-refractivity contribution in [2.24, 2.45) is 0 Å². The molecule has 1 heterocycles. The number of nitrogens with one attached hydrogen (secondary N) is 1. The molecule has 0 aliphatic heterocycles. The van der Waals surface area contributed by atoms with E-state index in [4.69, 9.17) is 4.74 Å². The minimum atomic E-state index is -0.580. The molecule has 1 aromatic carbocycles. The van der Waals surface area contributed by atoms with E-state index in [2.05, 4.69) is 10.3 Å². The van der Waals surface area contributed by atoms with E-state index in [0.29, 0.717) is 11.6 Å². The van der Waals surface area contributed by atoms with Gasteiger partial charge in [-0.1, -0.05) is 19.1 Å². The minimum Gasteiger partial charge on any atom is -0.453 e. The fourth-order valence-corrected chi connectivity index (χ4v) is 2.56. The van der Waals surface area contributed by atoms with Crippen LogP contribution in [-0.2, 0) is 9.53 Å². The molecule has 1 N–H and O–H groups in total. The maximum atomic E-state index is 12.9. The zero-order valence-corrected chi connectivity index (χ0v) is 12.9. The van der Waals surface area contributed by atoms with E-state index in [1.54, 1.807) is 12.1 Å². The van der Waals surface area contributed by atoms with Gasteiger partial charge in [0.1, 0.15) is 11.9 Å². The first kappa shape index (κ1) is 16.1. The molecular formula is C15H15FN2O3S. The van der Waals surface area contributed by atoms with Crippen LogP contribution in [0.5, 0.6) is 0 Å². The number of esters is 1. The predicted octanol–water partition coefficient (Wildman–Crippen LogP) is 3.55. The van der Waals surface area contributed by atoms with Crippen molar-refractivity contribution < 1.29 is 18.7 Å². The van der Waals surface area contributed by atoms with Crippen molar-refractivity contribution in [2.45, 2.75) is 26.4 Å². The molecule has 2 aromatic rings. The number of benzene rings is 1. The Kier molecular flexibility index (Phi) is 5.21. The maximum Gasteiger partial charge on any atom is 0.358 e. The Morgan fingerprint density at radius 1 is 1.36 bits per heavy atom. The second kappa shape index (κ2) is 7.13. The summed E-state index contributed by atoms with van der Waals surface area (Å²) in [6, 6.07) is 5.81. The molecular weight excluding hydrogens is 307 g/mol. The molecule has 0 saturated heterocycles. The third-order valence-corrected chi connectivity index (χ3v) is 3.62. The lowest BCUT2D eigenvalue weighted by atomic mass is 10.1. The first-order chi connectivity index (χ1) is 10.5. The summed E-state index contributed by atoms with van der Waals surface area (Å²) in [4.78, 5) is 27.0. The number of amides is 1. The van der Waals surface area contributed by atoms with E-state index in [1.165, 1.54) is 24.4 Å². The van der Waals surface area contributed by atoms with Gasteiger partial charge in [0.15, 0.2) is 10.8 Å². The zero-order valence-electron chi connectivity index (χ0n) is 12.1. The van der Waals surface area contributed by atoms with Crippen molar-refractivity contribution in [2.75, 3.05) is 5.32 Å². The van der Waals surface area contributed by atoms with Crippen LogP contribution in [0.4, 0.5) is 9.52 Å². The number of nitrogens with zero attached hydrogens (tertiary/aromatic N) is 1. The number of anilines is 1. The number of hydrogen-bond donors (Lipinski definition) is 1. The Hall–Kier alpha value is -2.28. The Morgan fingerprint density at radius 2 is 2.05 bits per heavy atom. The lowest BCUT2D eigenvalue weighted by Gasteiger charge is -2.15. The molecule has 116 valence electrons. The van der Waals surface area contributed by atoms with Crippen molar-refractivity contribution in [3.63, 3.8) is 0 Å². The molecule has 7 heteroatoms. The summed E-state index contributed by atoms with van der Waals surface area (Å²) in [6.07, 6.45) is 0.0825. The van der Waals surface area contributed by atoms with Crippen LogP contribution < -0.4 is 5.32 Å². The molecule has 2 rings (SSSR count). The van der Waals surface area contributed by atoms with Crippen molar-refractivity contribution in [3.8, 4) is 0 Å².